The van der Waals surface area contributed by atoms with E-state index < -0.39 is 0 Å². The molecule has 6 nitrogen and oxygen atoms in total. The Morgan fingerprint density at radius 3 is 1.89 bits per heavy atom. The average Bonchev–Trinajstić information content (AvgIpc) is 2.74. The number of hydrogen-bond acceptors (Lipinski definition) is 6. The SMILES string of the molecule is COc1cc(C(c2ccc(N(C)C)cc2)N2CCNCC2)cc(OC)c1OC. The van der Waals surface area contributed by atoms with Crippen LogP contribution in [0.2, 0.25) is 0 Å². The van der Waals surface area contributed by atoms with Gasteiger partial charge in [-0.3, -0.25) is 4.90 Å². The molecule has 152 valence electrons. The standard InChI is InChI=1S/C22H31N3O3/c1-24(2)18-8-6-16(7-9-18)21(25-12-10-23-11-13-25)17-14-19(26-3)22(28-5)20(15-17)27-4/h6-9,14-15,21,23H,10-13H2,1-5H3. The molecule has 0 radical (unpaired) electrons. The quantitative estimate of drug-likeness (QED) is 0.791. The van der Waals surface area contributed by atoms with Crippen LogP contribution in [0.3, 0.4) is 0 Å². The Morgan fingerprint density at radius 1 is 0.857 bits per heavy atom. The molecule has 0 bridgehead atoms. The van der Waals surface area contributed by atoms with Crippen LogP contribution in [0.4, 0.5) is 5.69 Å². The van der Waals surface area contributed by atoms with E-state index in [1.54, 1.807) is 21.3 Å². The molecule has 28 heavy (non-hydrogen) atoms. The van der Waals surface area contributed by atoms with Crippen molar-refractivity contribution in [1.29, 1.82) is 0 Å². The maximum absolute atomic E-state index is 5.60. The van der Waals surface area contributed by atoms with Crippen molar-refractivity contribution in [3.63, 3.8) is 0 Å². The maximum Gasteiger partial charge on any atom is 0.203 e. The van der Waals surface area contributed by atoms with Gasteiger partial charge >= 0.3 is 0 Å². The minimum atomic E-state index is 0.118. The predicted octanol–water partition coefficient (Wildman–Crippen LogP) is 2.77. The summed E-state index contributed by atoms with van der Waals surface area (Å²) in [4.78, 5) is 4.62. The summed E-state index contributed by atoms with van der Waals surface area (Å²) in [6, 6.07) is 13.0. The molecule has 1 aliphatic rings. The zero-order chi connectivity index (χ0) is 20.1. The number of anilines is 1. The van der Waals surface area contributed by atoms with E-state index in [0.717, 1.165) is 31.7 Å². The second-order valence-corrected chi connectivity index (χ2v) is 7.13. The lowest BCUT2D eigenvalue weighted by atomic mass is 9.95. The fourth-order valence-corrected chi connectivity index (χ4v) is 3.77. The van der Waals surface area contributed by atoms with Crippen LogP contribution in [0, 0.1) is 0 Å². The van der Waals surface area contributed by atoms with Gasteiger partial charge in [0, 0.05) is 46.0 Å². The maximum atomic E-state index is 5.60. The fourth-order valence-electron chi connectivity index (χ4n) is 3.77. The molecule has 0 aliphatic carbocycles. The van der Waals surface area contributed by atoms with E-state index >= 15 is 0 Å². The number of nitrogens with zero attached hydrogens (tertiary/aromatic N) is 2. The highest BCUT2D eigenvalue weighted by Crippen LogP contribution is 2.42. The number of ether oxygens (including phenoxy) is 3. The summed E-state index contributed by atoms with van der Waals surface area (Å²) in [7, 11) is 9.07. The van der Waals surface area contributed by atoms with E-state index in [0.29, 0.717) is 17.2 Å². The van der Waals surface area contributed by atoms with Crippen LogP contribution >= 0.6 is 0 Å². The van der Waals surface area contributed by atoms with Gasteiger partial charge in [-0.2, -0.15) is 0 Å². The third-order valence-corrected chi connectivity index (χ3v) is 5.24. The van der Waals surface area contributed by atoms with Gasteiger partial charge in [0.1, 0.15) is 0 Å². The molecule has 2 aromatic rings. The van der Waals surface area contributed by atoms with Gasteiger partial charge in [0.2, 0.25) is 5.75 Å². The summed E-state index contributed by atoms with van der Waals surface area (Å²) in [5, 5.41) is 3.44. The minimum absolute atomic E-state index is 0.118. The summed E-state index contributed by atoms with van der Waals surface area (Å²) in [5.41, 5.74) is 3.57. The molecule has 1 saturated heterocycles. The number of rotatable bonds is 7. The first-order chi connectivity index (χ1) is 13.6. The smallest absolute Gasteiger partial charge is 0.203 e. The van der Waals surface area contributed by atoms with Crippen LogP contribution in [-0.4, -0.2) is 66.5 Å². The lowest BCUT2D eigenvalue weighted by Gasteiger charge is -2.36. The van der Waals surface area contributed by atoms with Crippen molar-refractivity contribution < 1.29 is 14.2 Å². The van der Waals surface area contributed by atoms with Crippen molar-refractivity contribution in [2.24, 2.45) is 0 Å². The van der Waals surface area contributed by atoms with Crippen molar-refractivity contribution in [3.05, 3.63) is 47.5 Å². The zero-order valence-electron chi connectivity index (χ0n) is 17.5. The number of piperazine rings is 1. The molecule has 0 spiro atoms. The van der Waals surface area contributed by atoms with Gasteiger partial charge in [0.25, 0.3) is 0 Å². The molecule has 2 aromatic carbocycles. The van der Waals surface area contributed by atoms with Gasteiger partial charge in [0.05, 0.1) is 27.4 Å². The average molecular weight is 386 g/mol. The molecule has 3 rings (SSSR count). The number of hydrogen-bond donors (Lipinski definition) is 1. The number of methoxy groups -OCH3 is 3. The Kier molecular flexibility index (Phi) is 6.65. The van der Waals surface area contributed by atoms with Crippen LogP contribution in [0.15, 0.2) is 36.4 Å². The predicted molar refractivity (Wildman–Crippen MR) is 113 cm³/mol. The number of nitrogens with one attached hydrogen (secondary N) is 1. The van der Waals surface area contributed by atoms with Crippen LogP contribution in [0.25, 0.3) is 0 Å². The van der Waals surface area contributed by atoms with E-state index in [1.165, 1.54) is 11.3 Å². The summed E-state index contributed by atoms with van der Waals surface area (Å²) >= 11 is 0. The molecular formula is C22H31N3O3. The first-order valence-electron chi connectivity index (χ1n) is 9.61. The normalized spacial score (nSPS) is 15.8. The molecule has 1 fully saturated rings. The van der Waals surface area contributed by atoms with Gasteiger partial charge in [-0.25, -0.2) is 0 Å². The van der Waals surface area contributed by atoms with E-state index in [-0.39, 0.29) is 6.04 Å². The fraction of sp³-hybridized carbons (Fsp3) is 0.455. The lowest BCUT2D eigenvalue weighted by molar-refractivity contribution is 0.197. The van der Waals surface area contributed by atoms with E-state index in [1.807, 2.05) is 0 Å². The van der Waals surface area contributed by atoms with Crippen molar-refractivity contribution >= 4 is 5.69 Å². The Hall–Kier alpha value is -2.44. The molecule has 0 aromatic heterocycles. The summed E-state index contributed by atoms with van der Waals surface area (Å²) < 4.78 is 16.7. The van der Waals surface area contributed by atoms with Crippen molar-refractivity contribution in [3.8, 4) is 17.2 Å². The van der Waals surface area contributed by atoms with E-state index in [9.17, 15) is 0 Å². The van der Waals surface area contributed by atoms with Gasteiger partial charge in [-0.05, 0) is 35.4 Å². The van der Waals surface area contributed by atoms with Gasteiger partial charge in [-0.1, -0.05) is 12.1 Å². The summed E-state index contributed by atoms with van der Waals surface area (Å²) in [6.07, 6.45) is 0. The molecule has 1 atom stereocenters. The second-order valence-electron chi connectivity index (χ2n) is 7.13. The van der Waals surface area contributed by atoms with E-state index in [2.05, 4.69) is 65.6 Å². The molecule has 1 heterocycles. The minimum Gasteiger partial charge on any atom is -0.493 e. The Morgan fingerprint density at radius 2 is 1.43 bits per heavy atom. The molecule has 1 unspecified atom stereocenters. The largest absolute Gasteiger partial charge is 0.493 e. The molecule has 0 saturated carbocycles. The highest BCUT2D eigenvalue weighted by Gasteiger charge is 2.26. The van der Waals surface area contributed by atoms with Crippen LogP contribution in [0.5, 0.6) is 17.2 Å². The first-order valence-corrected chi connectivity index (χ1v) is 9.61. The van der Waals surface area contributed by atoms with Gasteiger partial charge in [0.15, 0.2) is 11.5 Å². The Labute approximate surface area is 168 Å². The van der Waals surface area contributed by atoms with Crippen molar-refractivity contribution in [2.45, 2.75) is 6.04 Å². The summed E-state index contributed by atoms with van der Waals surface area (Å²) in [5.74, 6) is 1.99. The van der Waals surface area contributed by atoms with Crippen LogP contribution in [-0.2, 0) is 0 Å². The monoisotopic (exact) mass is 385 g/mol. The Balaban J connectivity index is 2.08. The highest BCUT2D eigenvalue weighted by atomic mass is 16.5. The third-order valence-electron chi connectivity index (χ3n) is 5.24. The van der Waals surface area contributed by atoms with Crippen molar-refractivity contribution in [2.75, 3.05) is 66.5 Å². The van der Waals surface area contributed by atoms with Crippen LogP contribution in [0.1, 0.15) is 17.2 Å². The zero-order valence-corrected chi connectivity index (χ0v) is 17.5. The van der Waals surface area contributed by atoms with E-state index in [4.69, 9.17) is 14.2 Å². The second kappa shape index (κ2) is 9.17. The molecule has 1 N–H and O–H groups in total. The first kappa shape index (κ1) is 20.3. The number of benzene rings is 2. The third kappa shape index (κ3) is 4.18. The van der Waals surface area contributed by atoms with Crippen molar-refractivity contribution in [1.82, 2.24) is 10.2 Å². The Bertz CT molecular complexity index is 746. The topological polar surface area (TPSA) is 46.2 Å². The molecule has 6 heteroatoms. The molecule has 0 amide bonds. The summed E-state index contributed by atoms with van der Waals surface area (Å²) in [6.45, 7) is 3.93. The highest BCUT2D eigenvalue weighted by molar-refractivity contribution is 5.56. The van der Waals surface area contributed by atoms with Gasteiger partial charge < -0.3 is 24.4 Å². The van der Waals surface area contributed by atoms with Crippen LogP contribution < -0.4 is 24.4 Å². The molecular weight excluding hydrogens is 354 g/mol. The van der Waals surface area contributed by atoms with Gasteiger partial charge in [-0.15, -0.1) is 0 Å². The lowest BCUT2D eigenvalue weighted by Crippen LogP contribution is -2.45. The molecule has 1 aliphatic heterocycles.